The number of fused-ring (bicyclic) bond motifs is 1. The van der Waals surface area contributed by atoms with Crippen LogP contribution in [0.15, 0.2) is 60.8 Å². The molecule has 168 valence electrons. The summed E-state index contributed by atoms with van der Waals surface area (Å²) in [5.41, 5.74) is 2.76. The minimum atomic E-state index is -0.811. The number of carbonyl (C=O) groups is 3. The van der Waals surface area contributed by atoms with Crippen molar-refractivity contribution in [2.45, 2.75) is 45.4 Å². The van der Waals surface area contributed by atoms with Gasteiger partial charge in [-0.3, -0.25) is 4.79 Å². The number of benzene rings is 2. The lowest BCUT2D eigenvalue weighted by atomic mass is 9.97. The standard InChI is InChI=1S/C25H29N3O4/c1-3-17(2)23(28-25(31)32-16-18-9-5-4-6-10-18)24(30)27-20(15-29)13-19-14-26-22-12-8-7-11-21(19)22/h4-12,14-15,17,20,23,26H,3,13,16H2,1-2H3,(H,27,30)(H,28,31)/t17-,20-,23-/m0/s1. The fraction of sp³-hybridized carbons (Fsp3) is 0.320. The second-order valence-corrected chi connectivity index (χ2v) is 7.88. The maximum atomic E-state index is 13.0. The number of para-hydroxylation sites is 1. The molecule has 7 nitrogen and oxygen atoms in total. The molecule has 0 radical (unpaired) electrons. The smallest absolute Gasteiger partial charge is 0.408 e. The summed E-state index contributed by atoms with van der Waals surface area (Å²) in [5.74, 6) is -0.549. The van der Waals surface area contributed by atoms with Crippen LogP contribution in [-0.4, -0.2) is 35.4 Å². The molecule has 3 atom stereocenters. The number of aldehydes is 1. The predicted octanol–water partition coefficient (Wildman–Crippen LogP) is 3.74. The van der Waals surface area contributed by atoms with Crippen molar-refractivity contribution in [2.75, 3.05) is 0 Å². The molecule has 1 heterocycles. The van der Waals surface area contributed by atoms with Crippen LogP contribution in [-0.2, 0) is 27.4 Å². The van der Waals surface area contributed by atoms with Gasteiger partial charge in [-0.05, 0) is 23.1 Å². The van der Waals surface area contributed by atoms with Gasteiger partial charge < -0.3 is 25.1 Å². The highest BCUT2D eigenvalue weighted by molar-refractivity contribution is 5.88. The van der Waals surface area contributed by atoms with Crippen LogP contribution in [0.5, 0.6) is 0 Å². The van der Waals surface area contributed by atoms with Gasteiger partial charge in [0, 0.05) is 23.5 Å². The summed E-state index contributed by atoms with van der Waals surface area (Å²) in [5, 5.41) is 6.44. The summed E-state index contributed by atoms with van der Waals surface area (Å²) in [7, 11) is 0. The van der Waals surface area contributed by atoms with Crippen LogP contribution in [0.25, 0.3) is 10.9 Å². The van der Waals surface area contributed by atoms with E-state index in [9.17, 15) is 14.4 Å². The third-order valence-electron chi connectivity index (χ3n) is 5.59. The van der Waals surface area contributed by atoms with Gasteiger partial charge in [-0.1, -0.05) is 68.8 Å². The van der Waals surface area contributed by atoms with Crippen molar-refractivity contribution >= 4 is 29.2 Å². The molecule has 7 heteroatoms. The molecular weight excluding hydrogens is 406 g/mol. The van der Waals surface area contributed by atoms with Crippen molar-refractivity contribution in [1.29, 1.82) is 0 Å². The summed E-state index contributed by atoms with van der Waals surface area (Å²) in [4.78, 5) is 40.2. The summed E-state index contributed by atoms with van der Waals surface area (Å²) in [6.45, 7) is 3.92. The molecule has 1 aromatic heterocycles. The highest BCUT2D eigenvalue weighted by atomic mass is 16.5. The molecule has 32 heavy (non-hydrogen) atoms. The first kappa shape index (κ1) is 23.1. The molecule has 2 aromatic carbocycles. The van der Waals surface area contributed by atoms with Gasteiger partial charge in [0.25, 0.3) is 0 Å². The van der Waals surface area contributed by atoms with E-state index in [1.807, 2.05) is 74.6 Å². The zero-order valence-corrected chi connectivity index (χ0v) is 18.3. The summed E-state index contributed by atoms with van der Waals surface area (Å²) >= 11 is 0. The van der Waals surface area contributed by atoms with Gasteiger partial charge in [-0.2, -0.15) is 0 Å². The van der Waals surface area contributed by atoms with Gasteiger partial charge in [-0.15, -0.1) is 0 Å². The normalized spacial score (nSPS) is 13.7. The molecule has 3 N–H and O–H groups in total. The molecule has 0 aliphatic carbocycles. The Morgan fingerprint density at radius 1 is 1.06 bits per heavy atom. The van der Waals surface area contributed by atoms with Crippen LogP contribution in [0.3, 0.4) is 0 Å². The lowest BCUT2D eigenvalue weighted by Crippen LogP contribution is -2.53. The maximum absolute atomic E-state index is 13.0. The Hall–Kier alpha value is -3.61. The molecule has 0 bridgehead atoms. The number of rotatable bonds is 10. The van der Waals surface area contributed by atoms with Crippen LogP contribution >= 0.6 is 0 Å². The minimum absolute atomic E-state index is 0.110. The molecule has 0 fully saturated rings. The molecular formula is C25H29N3O4. The molecule has 0 saturated heterocycles. The van der Waals surface area contributed by atoms with Crippen LogP contribution in [0, 0.1) is 5.92 Å². The Morgan fingerprint density at radius 3 is 2.50 bits per heavy atom. The van der Waals surface area contributed by atoms with Crippen LogP contribution in [0.1, 0.15) is 31.4 Å². The first-order valence-electron chi connectivity index (χ1n) is 10.8. The SMILES string of the molecule is CC[C@H](C)[C@H](NC(=O)OCc1ccccc1)C(=O)N[C@H](C=O)Cc1c[nH]c2ccccc12. The molecule has 0 spiro atoms. The Morgan fingerprint density at radius 2 is 1.78 bits per heavy atom. The van der Waals surface area contributed by atoms with Crippen molar-refractivity contribution in [3.05, 3.63) is 71.9 Å². The van der Waals surface area contributed by atoms with Crippen molar-refractivity contribution in [2.24, 2.45) is 5.92 Å². The number of alkyl carbamates (subject to hydrolysis) is 1. The molecule has 0 aliphatic heterocycles. The molecule has 3 rings (SSSR count). The van der Waals surface area contributed by atoms with Gasteiger partial charge in [-0.25, -0.2) is 4.79 Å². The second kappa shape index (κ2) is 11.1. The number of hydrogen-bond donors (Lipinski definition) is 3. The highest BCUT2D eigenvalue weighted by Gasteiger charge is 2.28. The van der Waals surface area contributed by atoms with E-state index >= 15 is 0 Å². The topological polar surface area (TPSA) is 100 Å². The lowest BCUT2D eigenvalue weighted by molar-refractivity contribution is -0.126. The zero-order chi connectivity index (χ0) is 22.9. The average Bonchev–Trinajstić information content (AvgIpc) is 3.23. The van der Waals surface area contributed by atoms with Gasteiger partial charge in [0.05, 0.1) is 6.04 Å². The highest BCUT2D eigenvalue weighted by Crippen LogP contribution is 2.19. The van der Waals surface area contributed by atoms with Crippen molar-refractivity contribution < 1.29 is 19.1 Å². The third kappa shape index (κ3) is 5.97. The fourth-order valence-electron chi connectivity index (χ4n) is 3.54. The van der Waals surface area contributed by atoms with E-state index in [0.29, 0.717) is 12.8 Å². The predicted molar refractivity (Wildman–Crippen MR) is 123 cm³/mol. The summed E-state index contributed by atoms with van der Waals surface area (Å²) < 4.78 is 5.26. The number of nitrogens with one attached hydrogen (secondary N) is 3. The molecule has 3 aromatic rings. The van der Waals surface area contributed by atoms with Crippen LogP contribution < -0.4 is 10.6 Å². The van der Waals surface area contributed by atoms with Crippen molar-refractivity contribution in [3.8, 4) is 0 Å². The molecule has 0 saturated carbocycles. The zero-order valence-electron chi connectivity index (χ0n) is 18.3. The van der Waals surface area contributed by atoms with Crippen LogP contribution in [0.2, 0.25) is 0 Å². The fourth-order valence-corrected chi connectivity index (χ4v) is 3.54. The number of aromatic nitrogens is 1. The lowest BCUT2D eigenvalue weighted by Gasteiger charge is -2.25. The van der Waals surface area contributed by atoms with Gasteiger partial charge in [0.1, 0.15) is 18.9 Å². The van der Waals surface area contributed by atoms with E-state index < -0.39 is 24.1 Å². The minimum Gasteiger partial charge on any atom is -0.445 e. The van der Waals surface area contributed by atoms with E-state index in [0.717, 1.165) is 28.3 Å². The molecule has 0 unspecified atom stereocenters. The Kier molecular flexibility index (Phi) is 8.02. The number of H-pyrrole nitrogens is 1. The quantitative estimate of drug-likeness (QED) is 0.423. The second-order valence-electron chi connectivity index (χ2n) is 7.88. The maximum Gasteiger partial charge on any atom is 0.408 e. The van der Waals surface area contributed by atoms with E-state index in [-0.39, 0.29) is 12.5 Å². The number of hydrogen-bond acceptors (Lipinski definition) is 4. The largest absolute Gasteiger partial charge is 0.445 e. The van der Waals surface area contributed by atoms with E-state index in [1.54, 1.807) is 0 Å². The molecule has 0 aliphatic rings. The molecule has 2 amide bonds. The number of aromatic amines is 1. The summed E-state index contributed by atoms with van der Waals surface area (Å²) in [6.07, 6.45) is 2.92. The number of ether oxygens (including phenoxy) is 1. The number of carbonyl (C=O) groups excluding carboxylic acids is 3. The van der Waals surface area contributed by atoms with Crippen molar-refractivity contribution in [3.63, 3.8) is 0 Å². The van der Waals surface area contributed by atoms with E-state index in [4.69, 9.17) is 4.74 Å². The Labute approximate surface area is 187 Å². The van der Waals surface area contributed by atoms with Gasteiger partial charge >= 0.3 is 6.09 Å². The Balaban J connectivity index is 1.62. The Bertz CT molecular complexity index is 1050. The van der Waals surface area contributed by atoms with Crippen LogP contribution in [0.4, 0.5) is 4.79 Å². The summed E-state index contributed by atoms with van der Waals surface area (Å²) in [6, 6.07) is 15.6. The van der Waals surface area contributed by atoms with E-state index in [1.165, 1.54) is 0 Å². The first-order valence-corrected chi connectivity index (χ1v) is 10.8. The average molecular weight is 436 g/mol. The number of amides is 2. The third-order valence-corrected chi connectivity index (χ3v) is 5.59. The van der Waals surface area contributed by atoms with Gasteiger partial charge in [0.15, 0.2) is 0 Å². The van der Waals surface area contributed by atoms with E-state index in [2.05, 4.69) is 15.6 Å². The monoisotopic (exact) mass is 435 g/mol. The first-order chi connectivity index (χ1) is 15.5. The van der Waals surface area contributed by atoms with Crippen molar-refractivity contribution in [1.82, 2.24) is 15.6 Å². The van der Waals surface area contributed by atoms with Gasteiger partial charge in [0.2, 0.25) is 5.91 Å².